The van der Waals surface area contributed by atoms with Gasteiger partial charge in [-0.2, -0.15) is 4.52 Å². The second-order valence-electron chi connectivity index (χ2n) is 6.97. The maximum atomic E-state index is 13.4. The zero-order valence-electron chi connectivity index (χ0n) is 14.4. The van der Waals surface area contributed by atoms with Crippen molar-refractivity contribution in [3.63, 3.8) is 0 Å². The van der Waals surface area contributed by atoms with Crippen LogP contribution in [-0.4, -0.2) is 32.8 Å². The molecule has 132 valence electrons. The molecule has 1 fully saturated rings. The number of aromatic hydroxyl groups is 1. The predicted molar refractivity (Wildman–Crippen MR) is 94.6 cm³/mol. The van der Waals surface area contributed by atoms with E-state index in [4.69, 9.17) is 0 Å². The van der Waals surface area contributed by atoms with E-state index in [9.17, 15) is 9.50 Å². The van der Waals surface area contributed by atoms with Gasteiger partial charge >= 0.3 is 0 Å². The molecule has 25 heavy (non-hydrogen) atoms. The van der Waals surface area contributed by atoms with Gasteiger partial charge < -0.3 is 10.0 Å². The lowest BCUT2D eigenvalue weighted by Crippen LogP contribution is -3.13. The molecule has 0 aliphatic carbocycles. The first kappa shape index (κ1) is 16.5. The molecule has 1 saturated heterocycles. The highest BCUT2D eigenvalue weighted by molar-refractivity contribution is 7.17. The van der Waals surface area contributed by atoms with Gasteiger partial charge in [0.25, 0.3) is 0 Å². The third kappa shape index (κ3) is 3.02. The van der Waals surface area contributed by atoms with E-state index in [-0.39, 0.29) is 17.7 Å². The van der Waals surface area contributed by atoms with Crippen LogP contribution >= 0.6 is 11.3 Å². The maximum absolute atomic E-state index is 13.4. The number of halogens is 1. The summed E-state index contributed by atoms with van der Waals surface area (Å²) in [5, 5.41) is 15.0. The second kappa shape index (κ2) is 6.38. The fraction of sp³-hybridized carbons (Fsp3) is 0.444. The summed E-state index contributed by atoms with van der Waals surface area (Å²) >= 11 is 1.47. The molecule has 7 heteroatoms. The zero-order valence-corrected chi connectivity index (χ0v) is 15.2. The van der Waals surface area contributed by atoms with Gasteiger partial charge in [-0.3, -0.25) is 0 Å². The first-order valence-electron chi connectivity index (χ1n) is 8.68. The molecule has 0 saturated carbocycles. The Bertz CT molecular complexity index is 881. The monoisotopic (exact) mass is 361 g/mol. The number of fused-ring (bicyclic) bond motifs is 1. The summed E-state index contributed by atoms with van der Waals surface area (Å²) in [6, 6.07) is 6.61. The number of rotatable bonds is 3. The number of piperidine rings is 1. The number of likely N-dealkylation sites (tertiary alicyclic amines) is 1. The number of nitrogens with zero attached hydrogens (tertiary/aromatic N) is 3. The smallest absolute Gasteiger partial charge is 0.235 e. The Morgan fingerprint density at radius 1 is 1.28 bits per heavy atom. The van der Waals surface area contributed by atoms with Gasteiger partial charge in [-0.05, 0) is 49.9 Å². The van der Waals surface area contributed by atoms with Crippen molar-refractivity contribution in [1.82, 2.24) is 14.6 Å². The lowest BCUT2D eigenvalue weighted by molar-refractivity contribution is -0.931. The van der Waals surface area contributed by atoms with Gasteiger partial charge in [0, 0.05) is 5.56 Å². The minimum atomic E-state index is -0.243. The molecular weight excluding hydrogens is 339 g/mol. The Labute approximate surface area is 149 Å². The van der Waals surface area contributed by atoms with Crippen molar-refractivity contribution in [3.05, 3.63) is 46.3 Å². The van der Waals surface area contributed by atoms with Crippen LogP contribution in [0.15, 0.2) is 24.3 Å². The summed E-state index contributed by atoms with van der Waals surface area (Å²) in [6.07, 6.45) is 2.32. The van der Waals surface area contributed by atoms with Crippen LogP contribution in [0.3, 0.4) is 0 Å². The molecule has 5 nitrogen and oxygen atoms in total. The van der Waals surface area contributed by atoms with Gasteiger partial charge in [0.2, 0.25) is 10.8 Å². The molecule has 0 unspecified atom stereocenters. The molecule has 0 amide bonds. The number of hydrogen-bond acceptors (Lipinski definition) is 4. The van der Waals surface area contributed by atoms with Crippen LogP contribution in [0, 0.1) is 18.7 Å². The Kier molecular flexibility index (Phi) is 4.21. The van der Waals surface area contributed by atoms with Crippen LogP contribution in [0.5, 0.6) is 5.88 Å². The average Bonchev–Trinajstić information content (AvgIpc) is 3.09. The van der Waals surface area contributed by atoms with E-state index in [1.54, 1.807) is 0 Å². The van der Waals surface area contributed by atoms with Crippen LogP contribution in [-0.2, 0) is 0 Å². The van der Waals surface area contributed by atoms with Gasteiger partial charge in [-0.25, -0.2) is 9.37 Å². The molecule has 1 aliphatic rings. The fourth-order valence-electron chi connectivity index (χ4n) is 3.69. The number of aromatic nitrogens is 3. The highest BCUT2D eigenvalue weighted by Gasteiger charge is 2.34. The topological polar surface area (TPSA) is 54.9 Å². The maximum Gasteiger partial charge on any atom is 0.235 e. The molecule has 0 bridgehead atoms. The fourth-order valence-corrected chi connectivity index (χ4v) is 4.87. The average molecular weight is 361 g/mol. The van der Waals surface area contributed by atoms with E-state index in [0.717, 1.165) is 42.3 Å². The summed E-state index contributed by atoms with van der Waals surface area (Å²) in [7, 11) is 0. The number of thiazole rings is 1. The third-order valence-electron chi connectivity index (χ3n) is 5.10. The Balaban J connectivity index is 1.79. The quantitative estimate of drug-likeness (QED) is 0.753. The van der Waals surface area contributed by atoms with Crippen LogP contribution in [0.25, 0.3) is 4.96 Å². The predicted octanol–water partition coefficient (Wildman–Crippen LogP) is 2.35. The molecule has 1 aliphatic heterocycles. The van der Waals surface area contributed by atoms with Gasteiger partial charge in [0.1, 0.15) is 16.5 Å². The van der Waals surface area contributed by atoms with Crippen LogP contribution in [0.2, 0.25) is 0 Å². The normalized spacial score (nSPS) is 22.4. The van der Waals surface area contributed by atoms with Crippen LogP contribution in [0.4, 0.5) is 4.39 Å². The number of hydrogen-bond donors (Lipinski definition) is 2. The van der Waals surface area contributed by atoms with Crippen LogP contribution < -0.4 is 4.90 Å². The number of aryl methyl sites for hydroxylation is 1. The molecule has 0 radical (unpaired) electrons. The van der Waals surface area contributed by atoms with E-state index in [0.29, 0.717) is 10.8 Å². The van der Waals surface area contributed by atoms with E-state index in [1.165, 1.54) is 32.9 Å². The Hall–Kier alpha value is -1.99. The van der Waals surface area contributed by atoms with Crippen molar-refractivity contribution in [2.24, 2.45) is 5.92 Å². The highest BCUT2D eigenvalue weighted by Crippen LogP contribution is 2.35. The largest absolute Gasteiger partial charge is 0.492 e. The van der Waals surface area contributed by atoms with Crippen molar-refractivity contribution < 1.29 is 14.4 Å². The lowest BCUT2D eigenvalue weighted by atomic mass is 9.95. The molecule has 4 rings (SSSR count). The summed E-state index contributed by atoms with van der Waals surface area (Å²) < 4.78 is 14.9. The van der Waals surface area contributed by atoms with Crippen molar-refractivity contribution in [3.8, 4) is 5.88 Å². The van der Waals surface area contributed by atoms with E-state index in [2.05, 4.69) is 17.0 Å². The van der Waals surface area contributed by atoms with Gasteiger partial charge in [-0.1, -0.05) is 18.3 Å². The first-order chi connectivity index (χ1) is 12.0. The summed E-state index contributed by atoms with van der Waals surface area (Å²) in [6.45, 7) is 6.17. The lowest BCUT2D eigenvalue weighted by Gasteiger charge is -2.33. The second-order valence-corrected chi connectivity index (χ2v) is 7.98. The Morgan fingerprint density at radius 2 is 1.96 bits per heavy atom. The standard InChI is InChI=1S/C18H21FN4OS/c1-11-7-9-22(10-8-11)15(13-3-5-14(19)6-4-13)16-17(24)23-18(25-16)20-12(2)21-23/h3-6,11,15,24H,7-10H2,1-2H3/p+1/t15-/m1/s1. The summed E-state index contributed by atoms with van der Waals surface area (Å²) in [5.41, 5.74) is 1.02. The number of nitrogens with one attached hydrogen (secondary N) is 1. The molecular formula is C18H22FN4OS+. The molecule has 2 aromatic heterocycles. The molecule has 1 atom stereocenters. The highest BCUT2D eigenvalue weighted by atomic mass is 32.1. The van der Waals surface area contributed by atoms with Crippen molar-refractivity contribution in [2.45, 2.75) is 32.7 Å². The van der Waals surface area contributed by atoms with Crippen molar-refractivity contribution in [2.75, 3.05) is 13.1 Å². The van der Waals surface area contributed by atoms with Crippen LogP contribution in [0.1, 0.15) is 42.1 Å². The minimum absolute atomic E-state index is 0.0260. The van der Waals surface area contributed by atoms with Gasteiger partial charge in [0.05, 0.1) is 13.1 Å². The zero-order chi connectivity index (χ0) is 17.6. The summed E-state index contributed by atoms with van der Waals surface area (Å²) in [5.74, 6) is 1.29. The SMILES string of the molecule is Cc1nc2sc([C@@H](c3ccc(F)cc3)[NH+]3CCC(C)CC3)c(O)n2n1. The molecule has 2 N–H and O–H groups in total. The third-order valence-corrected chi connectivity index (χ3v) is 6.18. The molecule has 0 spiro atoms. The minimum Gasteiger partial charge on any atom is -0.492 e. The summed E-state index contributed by atoms with van der Waals surface area (Å²) in [4.78, 5) is 7.34. The first-order valence-corrected chi connectivity index (χ1v) is 9.49. The van der Waals surface area contributed by atoms with Crippen molar-refractivity contribution in [1.29, 1.82) is 0 Å². The van der Waals surface area contributed by atoms with E-state index in [1.807, 2.05) is 19.1 Å². The van der Waals surface area contributed by atoms with Crippen molar-refractivity contribution >= 4 is 16.3 Å². The van der Waals surface area contributed by atoms with E-state index < -0.39 is 0 Å². The van der Waals surface area contributed by atoms with Gasteiger partial charge in [0.15, 0.2) is 6.04 Å². The van der Waals surface area contributed by atoms with Gasteiger partial charge in [-0.15, -0.1) is 5.10 Å². The Morgan fingerprint density at radius 3 is 2.60 bits per heavy atom. The molecule has 3 heterocycles. The van der Waals surface area contributed by atoms with E-state index >= 15 is 0 Å². The molecule has 3 aromatic rings. The molecule has 1 aromatic carbocycles. The number of benzene rings is 1. The number of quaternary nitrogens is 1.